The summed E-state index contributed by atoms with van der Waals surface area (Å²) >= 11 is 1.67. The fourth-order valence-corrected chi connectivity index (χ4v) is 1.72. The van der Waals surface area contributed by atoms with Gasteiger partial charge in [-0.05, 0) is 37.3 Å². The lowest BCUT2D eigenvalue weighted by Gasteiger charge is -2.25. The number of aliphatic hydroxyl groups is 1. The average molecular weight is 184 g/mol. The van der Waals surface area contributed by atoms with Gasteiger partial charge in [-0.1, -0.05) is 18.2 Å². The second-order valence-corrected chi connectivity index (χ2v) is 3.95. The smallest absolute Gasteiger partial charge is 0.0862 e. The van der Waals surface area contributed by atoms with E-state index >= 15 is 0 Å². The zero-order valence-electron chi connectivity index (χ0n) is 7.49. The summed E-state index contributed by atoms with van der Waals surface area (Å²) in [5, 5.41) is 12.0. The summed E-state index contributed by atoms with van der Waals surface area (Å²) in [7, 11) is 0. The Morgan fingerprint density at radius 1 is 1.67 bits per heavy atom. The van der Waals surface area contributed by atoms with Crippen molar-refractivity contribution in [3.8, 4) is 0 Å². The molecular formula is C10H16OS. The van der Waals surface area contributed by atoms with Gasteiger partial charge in [-0.15, -0.1) is 11.8 Å². The SMILES string of the molecule is CS/C=C\CC1(O)C=CCCC1. The molecule has 1 rings (SSSR count). The first-order valence-electron chi connectivity index (χ1n) is 4.35. The van der Waals surface area contributed by atoms with Crippen LogP contribution >= 0.6 is 11.8 Å². The molecule has 0 saturated heterocycles. The zero-order chi connectivity index (χ0) is 8.86. The molecule has 1 nitrogen and oxygen atoms in total. The molecule has 1 atom stereocenters. The van der Waals surface area contributed by atoms with Crippen LogP contribution in [0.15, 0.2) is 23.6 Å². The number of allylic oxidation sites excluding steroid dienone is 1. The maximum atomic E-state index is 9.95. The average Bonchev–Trinajstić information content (AvgIpc) is 2.06. The monoisotopic (exact) mass is 184 g/mol. The first-order valence-corrected chi connectivity index (χ1v) is 5.63. The van der Waals surface area contributed by atoms with Gasteiger partial charge in [0.1, 0.15) is 0 Å². The van der Waals surface area contributed by atoms with Gasteiger partial charge in [-0.3, -0.25) is 0 Å². The maximum Gasteiger partial charge on any atom is 0.0862 e. The maximum absolute atomic E-state index is 9.95. The van der Waals surface area contributed by atoms with E-state index in [0.717, 1.165) is 25.7 Å². The Morgan fingerprint density at radius 2 is 2.50 bits per heavy atom. The molecule has 0 aliphatic heterocycles. The van der Waals surface area contributed by atoms with Crippen molar-refractivity contribution in [2.45, 2.75) is 31.3 Å². The molecule has 0 aromatic heterocycles. The highest BCUT2D eigenvalue weighted by Gasteiger charge is 2.22. The topological polar surface area (TPSA) is 20.2 Å². The predicted molar refractivity (Wildman–Crippen MR) is 55.2 cm³/mol. The molecule has 12 heavy (non-hydrogen) atoms. The lowest BCUT2D eigenvalue weighted by atomic mass is 9.88. The molecule has 1 aliphatic rings. The summed E-state index contributed by atoms with van der Waals surface area (Å²) in [6, 6.07) is 0. The van der Waals surface area contributed by atoms with E-state index in [-0.39, 0.29) is 0 Å². The van der Waals surface area contributed by atoms with Gasteiger partial charge in [0.25, 0.3) is 0 Å². The first kappa shape index (κ1) is 9.87. The van der Waals surface area contributed by atoms with E-state index in [1.165, 1.54) is 0 Å². The van der Waals surface area contributed by atoms with Gasteiger partial charge in [0.2, 0.25) is 0 Å². The molecule has 0 spiro atoms. The van der Waals surface area contributed by atoms with Crippen molar-refractivity contribution in [3.63, 3.8) is 0 Å². The lowest BCUT2D eigenvalue weighted by molar-refractivity contribution is 0.0779. The summed E-state index contributed by atoms with van der Waals surface area (Å²) in [4.78, 5) is 0. The van der Waals surface area contributed by atoms with Crippen molar-refractivity contribution in [3.05, 3.63) is 23.6 Å². The van der Waals surface area contributed by atoms with Gasteiger partial charge < -0.3 is 5.11 Å². The second-order valence-electron chi connectivity index (χ2n) is 3.21. The van der Waals surface area contributed by atoms with Crippen molar-refractivity contribution < 1.29 is 5.11 Å². The van der Waals surface area contributed by atoms with E-state index < -0.39 is 5.60 Å². The molecule has 1 unspecified atom stereocenters. The summed E-state index contributed by atoms with van der Waals surface area (Å²) in [5.41, 5.74) is -0.551. The quantitative estimate of drug-likeness (QED) is 0.681. The molecule has 0 aromatic carbocycles. The van der Waals surface area contributed by atoms with Crippen LogP contribution in [0.2, 0.25) is 0 Å². The van der Waals surface area contributed by atoms with Gasteiger partial charge in [-0.25, -0.2) is 0 Å². The molecular weight excluding hydrogens is 168 g/mol. The minimum atomic E-state index is -0.551. The number of rotatable bonds is 3. The molecule has 0 aromatic rings. The Morgan fingerprint density at radius 3 is 3.08 bits per heavy atom. The molecule has 0 amide bonds. The molecule has 0 fully saturated rings. The van der Waals surface area contributed by atoms with Gasteiger partial charge in [-0.2, -0.15) is 0 Å². The molecule has 0 radical (unpaired) electrons. The molecule has 1 N–H and O–H groups in total. The fourth-order valence-electron chi connectivity index (χ4n) is 1.43. The molecule has 1 aliphatic carbocycles. The molecule has 68 valence electrons. The molecule has 0 saturated carbocycles. The van der Waals surface area contributed by atoms with Crippen molar-refractivity contribution in [1.29, 1.82) is 0 Å². The first-order chi connectivity index (χ1) is 5.77. The van der Waals surface area contributed by atoms with Crippen molar-refractivity contribution in [2.75, 3.05) is 6.26 Å². The number of thioether (sulfide) groups is 1. The van der Waals surface area contributed by atoms with Crippen LogP contribution < -0.4 is 0 Å². The highest BCUT2D eigenvalue weighted by molar-refractivity contribution is 8.01. The Bertz CT molecular complexity index is 186. The van der Waals surface area contributed by atoms with E-state index in [0.29, 0.717) is 0 Å². The van der Waals surface area contributed by atoms with Gasteiger partial charge in [0, 0.05) is 0 Å². The van der Waals surface area contributed by atoms with E-state index in [1.54, 1.807) is 11.8 Å². The van der Waals surface area contributed by atoms with Crippen LogP contribution in [0, 0.1) is 0 Å². The third-order valence-corrected chi connectivity index (χ3v) is 2.58. The van der Waals surface area contributed by atoms with Crippen LogP contribution in [0.1, 0.15) is 25.7 Å². The fraction of sp³-hybridized carbons (Fsp3) is 0.600. The Hall–Kier alpha value is -0.210. The van der Waals surface area contributed by atoms with E-state index in [4.69, 9.17) is 0 Å². The van der Waals surface area contributed by atoms with Crippen LogP contribution in [0.25, 0.3) is 0 Å². The normalized spacial score (nSPS) is 29.8. The minimum absolute atomic E-state index is 0.551. The summed E-state index contributed by atoms with van der Waals surface area (Å²) in [6.45, 7) is 0. The molecule has 0 heterocycles. The highest BCUT2D eigenvalue weighted by atomic mass is 32.2. The van der Waals surface area contributed by atoms with Crippen molar-refractivity contribution >= 4 is 11.8 Å². The van der Waals surface area contributed by atoms with Crippen LogP contribution in [0.4, 0.5) is 0 Å². The van der Waals surface area contributed by atoms with Crippen molar-refractivity contribution in [2.24, 2.45) is 0 Å². The van der Waals surface area contributed by atoms with E-state index in [2.05, 4.69) is 6.08 Å². The van der Waals surface area contributed by atoms with Crippen LogP contribution in [-0.4, -0.2) is 17.0 Å². The second kappa shape index (κ2) is 4.73. The van der Waals surface area contributed by atoms with Gasteiger partial charge >= 0.3 is 0 Å². The van der Waals surface area contributed by atoms with Crippen molar-refractivity contribution in [1.82, 2.24) is 0 Å². The summed E-state index contributed by atoms with van der Waals surface area (Å²) < 4.78 is 0. The zero-order valence-corrected chi connectivity index (χ0v) is 8.31. The van der Waals surface area contributed by atoms with Crippen LogP contribution in [0.3, 0.4) is 0 Å². The highest BCUT2D eigenvalue weighted by Crippen LogP contribution is 2.25. The number of hydrogen-bond donors (Lipinski definition) is 1. The van der Waals surface area contributed by atoms with Crippen LogP contribution in [0.5, 0.6) is 0 Å². The number of hydrogen-bond acceptors (Lipinski definition) is 2. The summed E-state index contributed by atoms with van der Waals surface area (Å²) in [6.07, 6.45) is 12.0. The largest absolute Gasteiger partial charge is 0.385 e. The Balaban J connectivity index is 2.42. The predicted octanol–water partition coefficient (Wildman–Crippen LogP) is 2.72. The molecule has 0 bridgehead atoms. The Kier molecular flexibility index (Phi) is 3.89. The van der Waals surface area contributed by atoms with Gasteiger partial charge in [0.05, 0.1) is 5.60 Å². The molecule has 2 heteroatoms. The summed E-state index contributed by atoms with van der Waals surface area (Å²) in [5.74, 6) is 0. The van der Waals surface area contributed by atoms with E-state index in [1.807, 2.05) is 23.8 Å². The Labute approximate surface area is 78.6 Å². The standard InChI is InChI=1S/C10H16OS/c1-12-9-5-8-10(11)6-3-2-4-7-10/h3,5-6,9,11H,2,4,7-8H2,1H3/b9-5-. The third-order valence-electron chi connectivity index (χ3n) is 2.11. The van der Waals surface area contributed by atoms with E-state index in [9.17, 15) is 5.11 Å². The third kappa shape index (κ3) is 3.03. The minimum Gasteiger partial charge on any atom is -0.385 e. The van der Waals surface area contributed by atoms with Crippen LogP contribution in [-0.2, 0) is 0 Å². The van der Waals surface area contributed by atoms with Gasteiger partial charge in [0.15, 0.2) is 0 Å². The lowest BCUT2D eigenvalue weighted by Crippen LogP contribution is -2.26.